The molecule has 1 aliphatic rings. The van der Waals surface area contributed by atoms with Gasteiger partial charge in [-0.15, -0.1) is 0 Å². The van der Waals surface area contributed by atoms with Crippen LogP contribution in [0.1, 0.15) is 40.9 Å². The molecule has 144 valence electrons. The molecule has 0 unspecified atom stereocenters. The topological polar surface area (TPSA) is 106 Å². The van der Waals surface area contributed by atoms with Gasteiger partial charge in [0.05, 0.1) is 17.4 Å². The lowest BCUT2D eigenvalue weighted by Crippen LogP contribution is -2.29. The second-order valence-electron chi connectivity index (χ2n) is 7.12. The van der Waals surface area contributed by atoms with Gasteiger partial charge in [-0.1, -0.05) is 11.8 Å². The first-order valence-electron chi connectivity index (χ1n) is 8.97. The standard InChI is InChI=1S/C20H21N5O2S/c1-11-9-23-16(10-22-11)18(26)24-14-7-13-6-12(2)27-17(13)15(8-14)20(3)4-5-28-19(21)25-20/h6-10H,4-5H2,1-3H3,(H2,21,25)(H,24,26)/t20-/m0/s1. The number of thioether (sulfide) groups is 1. The summed E-state index contributed by atoms with van der Waals surface area (Å²) < 4.78 is 5.96. The molecule has 2 aromatic heterocycles. The number of fused-ring (bicyclic) bond motifs is 1. The van der Waals surface area contributed by atoms with Crippen molar-refractivity contribution in [2.45, 2.75) is 32.7 Å². The molecule has 28 heavy (non-hydrogen) atoms. The normalized spacial score (nSPS) is 19.5. The molecule has 0 saturated carbocycles. The first kappa shape index (κ1) is 18.5. The Bertz CT molecular complexity index is 1090. The molecule has 0 radical (unpaired) electrons. The molecule has 3 aromatic rings. The van der Waals surface area contributed by atoms with Gasteiger partial charge in [0.25, 0.3) is 5.91 Å². The Balaban J connectivity index is 1.77. The van der Waals surface area contributed by atoms with Gasteiger partial charge in [0.1, 0.15) is 17.0 Å². The van der Waals surface area contributed by atoms with Crippen LogP contribution < -0.4 is 11.1 Å². The van der Waals surface area contributed by atoms with Gasteiger partial charge in [0.15, 0.2) is 5.17 Å². The number of benzene rings is 1. The van der Waals surface area contributed by atoms with E-state index in [0.717, 1.165) is 40.2 Å². The monoisotopic (exact) mass is 395 g/mol. The number of aryl methyl sites for hydroxylation is 2. The van der Waals surface area contributed by atoms with Crippen LogP contribution in [0, 0.1) is 13.8 Å². The number of hydrogen-bond acceptors (Lipinski definition) is 7. The van der Waals surface area contributed by atoms with Gasteiger partial charge >= 0.3 is 0 Å². The summed E-state index contributed by atoms with van der Waals surface area (Å²) in [6.45, 7) is 5.77. The molecule has 0 saturated heterocycles. The average Bonchev–Trinajstić information content (AvgIpc) is 3.01. The van der Waals surface area contributed by atoms with Crippen LogP contribution in [0.15, 0.2) is 40.0 Å². The minimum Gasteiger partial charge on any atom is -0.461 e. The SMILES string of the molecule is Cc1cnc(C(=O)Nc2cc([C@]3(C)CCSC(N)=N3)c3oc(C)cc3c2)cn1. The van der Waals surface area contributed by atoms with Crippen LogP contribution in [-0.2, 0) is 5.54 Å². The molecular weight excluding hydrogens is 374 g/mol. The lowest BCUT2D eigenvalue weighted by atomic mass is 9.88. The van der Waals surface area contributed by atoms with E-state index in [1.165, 1.54) is 6.20 Å². The van der Waals surface area contributed by atoms with Crippen molar-refractivity contribution in [3.8, 4) is 0 Å². The first-order chi connectivity index (χ1) is 13.3. The van der Waals surface area contributed by atoms with Crippen molar-refractivity contribution < 1.29 is 9.21 Å². The molecule has 4 rings (SSSR count). The summed E-state index contributed by atoms with van der Waals surface area (Å²) in [4.78, 5) is 25.6. The number of hydrogen-bond donors (Lipinski definition) is 2. The number of aromatic nitrogens is 2. The molecule has 0 aliphatic carbocycles. The van der Waals surface area contributed by atoms with Crippen LogP contribution in [0.3, 0.4) is 0 Å². The molecule has 0 bridgehead atoms. The average molecular weight is 395 g/mol. The van der Waals surface area contributed by atoms with Crippen molar-refractivity contribution in [3.63, 3.8) is 0 Å². The van der Waals surface area contributed by atoms with Gasteiger partial charge in [-0.25, -0.2) is 4.98 Å². The van der Waals surface area contributed by atoms with E-state index in [1.807, 2.05) is 39.0 Å². The minimum atomic E-state index is -0.512. The fraction of sp³-hybridized carbons (Fsp3) is 0.300. The van der Waals surface area contributed by atoms with Crippen molar-refractivity contribution in [3.05, 3.63) is 53.3 Å². The van der Waals surface area contributed by atoms with Crippen molar-refractivity contribution >= 4 is 39.5 Å². The predicted molar refractivity (Wildman–Crippen MR) is 112 cm³/mol. The number of nitrogens with one attached hydrogen (secondary N) is 1. The highest BCUT2D eigenvalue weighted by molar-refractivity contribution is 8.13. The van der Waals surface area contributed by atoms with Crippen LogP contribution in [0.2, 0.25) is 0 Å². The molecule has 1 amide bonds. The number of amides is 1. The number of carbonyl (C=O) groups is 1. The molecule has 3 heterocycles. The van der Waals surface area contributed by atoms with Crippen LogP contribution in [0.5, 0.6) is 0 Å². The molecular formula is C20H21N5O2S. The number of aliphatic imine (C=N–C) groups is 1. The summed E-state index contributed by atoms with van der Waals surface area (Å²) in [7, 11) is 0. The number of rotatable bonds is 3. The number of furan rings is 1. The van der Waals surface area contributed by atoms with Crippen LogP contribution in [-0.4, -0.2) is 26.8 Å². The maximum absolute atomic E-state index is 12.6. The van der Waals surface area contributed by atoms with Gasteiger partial charge in [0.2, 0.25) is 0 Å². The Morgan fingerprint density at radius 2 is 2.07 bits per heavy atom. The van der Waals surface area contributed by atoms with Crippen molar-refractivity contribution in [2.75, 3.05) is 11.1 Å². The van der Waals surface area contributed by atoms with Gasteiger partial charge in [-0.05, 0) is 45.4 Å². The molecule has 0 spiro atoms. The zero-order chi connectivity index (χ0) is 19.9. The van der Waals surface area contributed by atoms with Gasteiger partial charge in [-0.2, -0.15) is 0 Å². The van der Waals surface area contributed by atoms with E-state index in [4.69, 9.17) is 15.1 Å². The van der Waals surface area contributed by atoms with E-state index in [9.17, 15) is 4.79 Å². The molecule has 1 aromatic carbocycles. The Morgan fingerprint density at radius 1 is 1.25 bits per heavy atom. The van der Waals surface area contributed by atoms with E-state index < -0.39 is 5.54 Å². The summed E-state index contributed by atoms with van der Waals surface area (Å²) in [5.41, 5.74) is 8.85. The Morgan fingerprint density at radius 3 is 2.79 bits per heavy atom. The molecule has 1 aliphatic heterocycles. The summed E-state index contributed by atoms with van der Waals surface area (Å²) in [6, 6.07) is 5.76. The highest BCUT2D eigenvalue weighted by Gasteiger charge is 2.33. The maximum Gasteiger partial charge on any atom is 0.275 e. The van der Waals surface area contributed by atoms with E-state index >= 15 is 0 Å². The maximum atomic E-state index is 12.6. The van der Waals surface area contributed by atoms with Gasteiger partial charge in [-0.3, -0.25) is 14.8 Å². The summed E-state index contributed by atoms with van der Waals surface area (Å²) >= 11 is 1.55. The highest BCUT2D eigenvalue weighted by Crippen LogP contribution is 2.41. The van der Waals surface area contributed by atoms with E-state index in [-0.39, 0.29) is 11.6 Å². The fourth-order valence-corrected chi connectivity index (χ4v) is 4.31. The van der Waals surface area contributed by atoms with Crippen LogP contribution in [0.25, 0.3) is 11.0 Å². The first-order valence-corrected chi connectivity index (χ1v) is 9.95. The van der Waals surface area contributed by atoms with Crippen LogP contribution >= 0.6 is 11.8 Å². The molecule has 0 fully saturated rings. The largest absolute Gasteiger partial charge is 0.461 e. The van der Waals surface area contributed by atoms with E-state index in [1.54, 1.807) is 18.0 Å². The van der Waals surface area contributed by atoms with E-state index in [0.29, 0.717) is 10.9 Å². The quantitative estimate of drug-likeness (QED) is 0.699. The van der Waals surface area contributed by atoms with Crippen molar-refractivity contribution in [1.82, 2.24) is 9.97 Å². The summed E-state index contributed by atoms with van der Waals surface area (Å²) in [5.74, 6) is 1.36. The van der Waals surface area contributed by atoms with Crippen molar-refractivity contribution in [1.29, 1.82) is 0 Å². The highest BCUT2D eigenvalue weighted by atomic mass is 32.2. The number of anilines is 1. The number of carbonyl (C=O) groups excluding carboxylic acids is 1. The van der Waals surface area contributed by atoms with Gasteiger partial charge in [0, 0.05) is 28.6 Å². The van der Waals surface area contributed by atoms with E-state index in [2.05, 4.69) is 15.3 Å². The Kier molecular flexibility index (Phi) is 4.58. The smallest absolute Gasteiger partial charge is 0.275 e. The number of nitrogens with zero attached hydrogens (tertiary/aromatic N) is 3. The second kappa shape index (κ2) is 6.94. The third kappa shape index (κ3) is 3.47. The minimum absolute atomic E-state index is 0.262. The van der Waals surface area contributed by atoms with Gasteiger partial charge < -0.3 is 15.5 Å². The summed E-state index contributed by atoms with van der Waals surface area (Å²) in [6.07, 6.45) is 3.87. The lowest BCUT2D eigenvalue weighted by molar-refractivity contribution is 0.102. The lowest BCUT2D eigenvalue weighted by Gasteiger charge is -2.30. The third-order valence-electron chi connectivity index (χ3n) is 4.79. The van der Waals surface area contributed by atoms with Crippen LogP contribution in [0.4, 0.5) is 5.69 Å². The number of nitrogens with two attached hydrogens (primary N) is 1. The summed E-state index contributed by atoms with van der Waals surface area (Å²) in [5, 5.41) is 4.39. The molecule has 1 atom stereocenters. The number of amidine groups is 1. The predicted octanol–water partition coefficient (Wildman–Crippen LogP) is 3.76. The zero-order valence-corrected chi connectivity index (χ0v) is 16.8. The Labute approximate surface area is 166 Å². The third-order valence-corrected chi connectivity index (χ3v) is 5.58. The molecule has 7 nitrogen and oxygen atoms in total. The van der Waals surface area contributed by atoms with Crippen molar-refractivity contribution in [2.24, 2.45) is 10.7 Å². The zero-order valence-electron chi connectivity index (χ0n) is 15.9. The molecule has 8 heteroatoms. The Hall–Kier alpha value is -2.87. The second-order valence-corrected chi connectivity index (χ2v) is 8.23. The molecule has 3 N–H and O–H groups in total. The fourth-order valence-electron chi connectivity index (χ4n) is 3.34.